The van der Waals surface area contributed by atoms with E-state index in [2.05, 4.69) is 84.7 Å². The number of methoxy groups -OCH3 is 2. The molecule has 67 heavy (non-hydrogen) atoms. The number of hydrogen-bond donors (Lipinski definition) is 6. The Morgan fingerprint density at radius 2 is 1.49 bits per heavy atom. The number of H-pyrrole nitrogens is 2. The normalized spacial score (nSPS) is 22.0. The number of nitrogens with zero attached hydrogens (tertiary/aromatic N) is 5. The molecule has 7 unspecified atom stereocenters. The Labute approximate surface area is 391 Å². The van der Waals surface area contributed by atoms with Crippen LogP contribution in [0.25, 0.3) is 44.7 Å². The zero-order chi connectivity index (χ0) is 46.2. The van der Waals surface area contributed by atoms with E-state index in [-0.39, 0.29) is 30.0 Å². The van der Waals surface area contributed by atoms with Gasteiger partial charge in [-0.15, -0.1) is 0 Å². The summed E-state index contributed by atoms with van der Waals surface area (Å²) in [7, 11) is 3.00. The Bertz CT molecular complexity index is 2640. The van der Waals surface area contributed by atoms with Gasteiger partial charge in [0.1, 0.15) is 29.9 Å². The number of imidazole rings is 2. The second-order valence-corrected chi connectivity index (χ2v) is 18.8. The van der Waals surface area contributed by atoms with Gasteiger partial charge in [-0.2, -0.15) is 0 Å². The van der Waals surface area contributed by atoms with Gasteiger partial charge in [-0.1, -0.05) is 56.3 Å². The van der Waals surface area contributed by atoms with Crippen LogP contribution in [-0.2, 0) is 14.2 Å². The number of nitrogens with one attached hydrogen (secondary N) is 4. The molecule has 4 aliphatic heterocycles. The number of aliphatic hydroxyl groups excluding tert-OH is 2. The predicted octanol–water partition coefficient (Wildman–Crippen LogP) is 7.31. The molecule has 7 atom stereocenters. The van der Waals surface area contributed by atoms with E-state index in [0.717, 1.165) is 113 Å². The van der Waals surface area contributed by atoms with E-state index >= 15 is 0 Å². The summed E-state index contributed by atoms with van der Waals surface area (Å²) in [5.74, 6) is 2.65. The summed E-state index contributed by atoms with van der Waals surface area (Å²) < 4.78 is 25.2. The molecule has 3 aromatic carbocycles. The van der Waals surface area contributed by atoms with E-state index in [9.17, 15) is 15.0 Å². The van der Waals surface area contributed by atoms with Gasteiger partial charge in [-0.3, -0.25) is 15.1 Å². The highest BCUT2D eigenvalue weighted by atomic mass is 16.5. The second kappa shape index (κ2) is 19.6. The highest BCUT2D eigenvalue weighted by Crippen LogP contribution is 2.46. The maximum Gasteiger partial charge on any atom is 0.407 e. The summed E-state index contributed by atoms with van der Waals surface area (Å²) in [5, 5.41) is 30.8. The number of rotatable bonds is 15. The van der Waals surface area contributed by atoms with Crippen LogP contribution in [0.5, 0.6) is 5.75 Å². The summed E-state index contributed by atoms with van der Waals surface area (Å²) in [6.45, 7) is 7.19. The van der Waals surface area contributed by atoms with Crippen molar-refractivity contribution < 1.29 is 34.0 Å². The first-order chi connectivity index (χ1) is 32.7. The van der Waals surface area contributed by atoms with Gasteiger partial charge < -0.3 is 49.0 Å². The first-order valence-electron chi connectivity index (χ1n) is 23.8. The molecule has 3 fully saturated rings. The van der Waals surface area contributed by atoms with E-state index in [4.69, 9.17) is 28.9 Å². The highest BCUT2D eigenvalue weighted by molar-refractivity contribution is 5.92. The molecule has 3 saturated heterocycles. The number of fused-ring (bicyclic) bond motifs is 5. The van der Waals surface area contributed by atoms with Crippen LogP contribution in [0.2, 0.25) is 0 Å². The Kier molecular flexibility index (Phi) is 13.2. The van der Waals surface area contributed by atoms with Crippen molar-refractivity contribution in [2.24, 2.45) is 11.8 Å². The number of alkyl carbamates (subject to hydrolysis) is 1. The Balaban J connectivity index is 0.923. The van der Waals surface area contributed by atoms with Crippen LogP contribution in [0.15, 0.2) is 85.2 Å². The summed E-state index contributed by atoms with van der Waals surface area (Å²) in [6.07, 6.45) is 6.57. The molecule has 354 valence electrons. The quantitative estimate of drug-likeness (QED) is 0.0566. The lowest BCUT2D eigenvalue weighted by Gasteiger charge is -2.39. The SMILES string of the molecule is COCNC(C1CCOCC1)C(O)N1CCCC1c1ncc(-c2ccc3c(c2)cc2n3C(c3ccccc3)Oc3cc(-c4cnc(C5CCCN5C(O)C(NC(=O)OC)C(C)C)[nH]4)ccc3-2)[nH]1. The highest BCUT2D eigenvalue weighted by Gasteiger charge is 2.41. The van der Waals surface area contributed by atoms with Gasteiger partial charge in [0.05, 0.1) is 73.0 Å². The molecule has 6 N–H and O–H groups in total. The average Bonchev–Trinajstić information content (AvgIpc) is 4.22. The topological polar surface area (TPSA) is 187 Å². The van der Waals surface area contributed by atoms with Crippen molar-refractivity contribution in [2.75, 3.05) is 47.3 Å². The number of carbonyl (C=O) groups is 1. The number of amides is 1. The van der Waals surface area contributed by atoms with Crippen LogP contribution in [-0.4, -0.2) is 122 Å². The van der Waals surface area contributed by atoms with Gasteiger partial charge in [0.2, 0.25) is 6.23 Å². The third-order valence-corrected chi connectivity index (χ3v) is 14.4. The minimum absolute atomic E-state index is 0.0241. The fraction of sp³-hybridized carbons (Fsp3) is 0.471. The van der Waals surface area contributed by atoms with Crippen molar-refractivity contribution in [3.05, 3.63) is 102 Å². The van der Waals surface area contributed by atoms with E-state index in [1.54, 1.807) is 7.11 Å². The molecular weight excluding hydrogens is 851 g/mol. The van der Waals surface area contributed by atoms with Crippen molar-refractivity contribution in [1.29, 1.82) is 0 Å². The van der Waals surface area contributed by atoms with Gasteiger partial charge >= 0.3 is 6.09 Å². The lowest BCUT2D eigenvalue weighted by Crippen LogP contribution is -2.54. The molecule has 3 aromatic heterocycles. The van der Waals surface area contributed by atoms with Crippen molar-refractivity contribution >= 4 is 17.0 Å². The molecule has 16 nitrogen and oxygen atoms in total. The minimum atomic E-state index is -0.917. The molecule has 0 spiro atoms. The van der Waals surface area contributed by atoms with Crippen molar-refractivity contribution in [3.63, 3.8) is 0 Å². The standard InChI is InChI=1S/C51H63N9O7/c1-30(2)44(57-51(63)65-4)48(61)58-20-8-12-40(58)46-53-28-38(56-46)34-14-16-36-42-25-35-24-33(15-17-39(35)60(42)50(67-43(36)26-34)32-10-6-5-7-11-32)37-27-52-47(55-37)41-13-9-21-59(41)49(62)45(54-29-64-3)31-18-22-66-23-19-31/h5-7,10-11,14-17,24-28,30-31,40-41,44-45,48-50,54,61-62H,8-9,12-13,18-23,29H2,1-4H3,(H,52,55)(H,53,56)(H,57,63). The number of ether oxygens (including phenoxy) is 4. The van der Waals surface area contributed by atoms with Crippen molar-refractivity contribution in [1.82, 2.24) is 44.9 Å². The van der Waals surface area contributed by atoms with E-state index in [1.807, 2.05) is 49.3 Å². The largest absolute Gasteiger partial charge is 0.465 e. The molecule has 4 aliphatic rings. The Hall–Kier alpha value is -5.59. The van der Waals surface area contributed by atoms with Crippen LogP contribution < -0.4 is 15.4 Å². The zero-order valence-electron chi connectivity index (χ0n) is 38.7. The number of benzene rings is 3. The first-order valence-corrected chi connectivity index (χ1v) is 23.8. The fourth-order valence-corrected chi connectivity index (χ4v) is 10.9. The molecular formula is C51H63N9O7. The van der Waals surface area contributed by atoms with Crippen LogP contribution >= 0.6 is 0 Å². The molecule has 0 radical (unpaired) electrons. The molecule has 10 rings (SSSR count). The number of carbonyl (C=O) groups excluding carboxylic acids is 1. The van der Waals surface area contributed by atoms with Crippen LogP contribution in [0, 0.1) is 11.8 Å². The van der Waals surface area contributed by atoms with Gasteiger partial charge in [0, 0.05) is 61.1 Å². The van der Waals surface area contributed by atoms with Crippen LogP contribution in [0.3, 0.4) is 0 Å². The van der Waals surface area contributed by atoms with Gasteiger partial charge in [-0.25, -0.2) is 14.8 Å². The van der Waals surface area contributed by atoms with Gasteiger partial charge in [0.15, 0.2) is 0 Å². The van der Waals surface area contributed by atoms with Gasteiger partial charge in [0.25, 0.3) is 0 Å². The summed E-state index contributed by atoms with van der Waals surface area (Å²) in [6, 6.07) is 24.5. The maximum absolute atomic E-state index is 12.2. The maximum atomic E-state index is 12.2. The molecule has 16 heteroatoms. The summed E-state index contributed by atoms with van der Waals surface area (Å²) in [5.41, 5.74) is 7.85. The zero-order valence-corrected chi connectivity index (χ0v) is 38.7. The minimum Gasteiger partial charge on any atom is -0.465 e. The molecule has 0 aliphatic carbocycles. The van der Waals surface area contributed by atoms with Crippen molar-refractivity contribution in [3.8, 4) is 39.5 Å². The van der Waals surface area contributed by atoms with Crippen LogP contribution in [0.1, 0.15) is 87.9 Å². The van der Waals surface area contributed by atoms with E-state index < -0.39 is 30.8 Å². The monoisotopic (exact) mass is 913 g/mol. The number of aromatic nitrogens is 5. The average molecular weight is 914 g/mol. The molecule has 7 heterocycles. The third kappa shape index (κ3) is 8.87. The smallest absolute Gasteiger partial charge is 0.407 e. The predicted molar refractivity (Wildman–Crippen MR) is 254 cm³/mol. The first kappa shape index (κ1) is 45.2. The lowest BCUT2D eigenvalue weighted by molar-refractivity contribution is -0.0701. The lowest BCUT2D eigenvalue weighted by atomic mass is 9.90. The molecule has 6 aromatic rings. The van der Waals surface area contributed by atoms with E-state index in [1.165, 1.54) is 7.11 Å². The van der Waals surface area contributed by atoms with Crippen LogP contribution in [0.4, 0.5) is 4.79 Å². The van der Waals surface area contributed by atoms with Crippen molar-refractivity contribution in [2.45, 2.75) is 95.2 Å². The Morgan fingerprint density at radius 1 is 0.836 bits per heavy atom. The van der Waals surface area contributed by atoms with Gasteiger partial charge in [-0.05, 0) is 80.7 Å². The number of aromatic amines is 2. The second-order valence-electron chi connectivity index (χ2n) is 18.8. The Morgan fingerprint density at radius 3 is 2.15 bits per heavy atom. The summed E-state index contributed by atoms with van der Waals surface area (Å²) >= 11 is 0. The number of likely N-dealkylation sites (tertiary alicyclic amines) is 2. The summed E-state index contributed by atoms with van der Waals surface area (Å²) in [4.78, 5) is 33.4. The number of aliphatic hydroxyl groups is 2. The fourth-order valence-electron chi connectivity index (χ4n) is 10.9. The third-order valence-electron chi connectivity index (χ3n) is 14.4. The van der Waals surface area contributed by atoms with E-state index in [0.29, 0.717) is 26.5 Å². The number of hydrogen-bond acceptors (Lipinski definition) is 12. The molecule has 0 bridgehead atoms. The molecule has 1 amide bonds. The molecule has 0 saturated carbocycles.